The Hall–Kier alpha value is -2.01. The molecule has 0 aromatic carbocycles. The SMILES string of the molecule is CCc1cc(NC2CCCOC2)nc(-c2ccncc2)n1. The molecule has 1 N–H and O–H groups in total. The van der Waals surface area contributed by atoms with Gasteiger partial charge in [0.2, 0.25) is 0 Å². The van der Waals surface area contributed by atoms with E-state index in [-0.39, 0.29) is 0 Å². The lowest BCUT2D eigenvalue weighted by atomic mass is 10.1. The second-order valence-corrected chi connectivity index (χ2v) is 5.22. The van der Waals surface area contributed by atoms with E-state index in [9.17, 15) is 0 Å². The van der Waals surface area contributed by atoms with Gasteiger partial charge in [-0.05, 0) is 31.4 Å². The van der Waals surface area contributed by atoms with Crippen molar-refractivity contribution < 1.29 is 4.74 Å². The molecule has 3 rings (SSSR count). The Kier molecular flexibility index (Phi) is 4.40. The van der Waals surface area contributed by atoms with Crippen molar-refractivity contribution in [2.45, 2.75) is 32.2 Å². The van der Waals surface area contributed by atoms with Gasteiger partial charge in [0.15, 0.2) is 5.82 Å². The van der Waals surface area contributed by atoms with Gasteiger partial charge in [-0.3, -0.25) is 4.98 Å². The number of hydrogen-bond donors (Lipinski definition) is 1. The molecule has 1 aliphatic heterocycles. The summed E-state index contributed by atoms with van der Waals surface area (Å²) in [4.78, 5) is 13.3. The zero-order valence-corrected chi connectivity index (χ0v) is 12.2. The highest BCUT2D eigenvalue weighted by atomic mass is 16.5. The van der Waals surface area contributed by atoms with Crippen molar-refractivity contribution in [3.63, 3.8) is 0 Å². The summed E-state index contributed by atoms with van der Waals surface area (Å²) in [7, 11) is 0. The minimum Gasteiger partial charge on any atom is -0.379 e. The van der Waals surface area contributed by atoms with Gasteiger partial charge in [0.25, 0.3) is 0 Å². The molecule has 1 fully saturated rings. The fourth-order valence-electron chi connectivity index (χ4n) is 2.45. The first-order valence-corrected chi connectivity index (χ1v) is 7.48. The smallest absolute Gasteiger partial charge is 0.161 e. The minimum absolute atomic E-state index is 0.337. The van der Waals surface area contributed by atoms with Gasteiger partial charge < -0.3 is 10.1 Å². The maximum atomic E-state index is 5.51. The Morgan fingerprint density at radius 3 is 2.86 bits per heavy atom. The number of hydrogen-bond acceptors (Lipinski definition) is 5. The van der Waals surface area contributed by atoms with Crippen LogP contribution in [-0.2, 0) is 11.2 Å². The maximum absolute atomic E-state index is 5.51. The Morgan fingerprint density at radius 1 is 1.29 bits per heavy atom. The highest BCUT2D eigenvalue weighted by Gasteiger charge is 2.15. The number of rotatable bonds is 4. The average molecular weight is 284 g/mol. The first kappa shape index (κ1) is 13.9. The van der Waals surface area contributed by atoms with E-state index in [0.717, 1.165) is 55.4 Å². The highest BCUT2D eigenvalue weighted by Crippen LogP contribution is 2.19. The summed E-state index contributed by atoms with van der Waals surface area (Å²) in [5, 5.41) is 3.47. The highest BCUT2D eigenvalue weighted by molar-refractivity contribution is 5.56. The van der Waals surface area contributed by atoms with Gasteiger partial charge >= 0.3 is 0 Å². The summed E-state index contributed by atoms with van der Waals surface area (Å²) in [6, 6.07) is 6.23. The van der Waals surface area contributed by atoms with E-state index in [1.54, 1.807) is 12.4 Å². The van der Waals surface area contributed by atoms with Crippen LogP contribution in [0.2, 0.25) is 0 Å². The molecule has 0 amide bonds. The predicted octanol–water partition coefficient (Wildman–Crippen LogP) is 2.69. The Balaban J connectivity index is 1.86. The largest absolute Gasteiger partial charge is 0.379 e. The molecular formula is C16H20N4O. The Bertz CT molecular complexity index is 582. The molecule has 0 aliphatic carbocycles. The van der Waals surface area contributed by atoms with Gasteiger partial charge in [0, 0.05) is 36.3 Å². The molecule has 3 heterocycles. The molecule has 0 bridgehead atoms. The Morgan fingerprint density at radius 2 is 2.14 bits per heavy atom. The van der Waals surface area contributed by atoms with Gasteiger partial charge in [0.1, 0.15) is 5.82 Å². The molecular weight excluding hydrogens is 264 g/mol. The van der Waals surface area contributed by atoms with E-state index in [2.05, 4.69) is 27.2 Å². The second kappa shape index (κ2) is 6.63. The molecule has 0 spiro atoms. The van der Waals surface area contributed by atoms with Crippen LogP contribution in [0.1, 0.15) is 25.5 Å². The standard InChI is InChI=1S/C16H20N4O/c1-2-13-10-15(18-14-4-3-9-21-11-14)20-16(19-13)12-5-7-17-8-6-12/h5-8,10,14H,2-4,9,11H2,1H3,(H,18,19,20). The van der Waals surface area contributed by atoms with Crippen molar-refractivity contribution in [2.24, 2.45) is 0 Å². The normalized spacial score (nSPS) is 18.4. The summed E-state index contributed by atoms with van der Waals surface area (Å²) >= 11 is 0. The number of aryl methyl sites for hydroxylation is 1. The number of anilines is 1. The van der Waals surface area contributed by atoms with Crippen LogP contribution in [0.5, 0.6) is 0 Å². The lowest BCUT2D eigenvalue weighted by Gasteiger charge is -2.24. The molecule has 1 unspecified atom stereocenters. The summed E-state index contributed by atoms with van der Waals surface area (Å²) in [5.41, 5.74) is 2.03. The van der Waals surface area contributed by atoms with Crippen LogP contribution in [0.25, 0.3) is 11.4 Å². The van der Waals surface area contributed by atoms with E-state index in [4.69, 9.17) is 4.74 Å². The number of nitrogens with one attached hydrogen (secondary N) is 1. The molecule has 1 saturated heterocycles. The van der Waals surface area contributed by atoms with Crippen LogP contribution in [-0.4, -0.2) is 34.2 Å². The minimum atomic E-state index is 0.337. The van der Waals surface area contributed by atoms with Crippen molar-refractivity contribution in [1.82, 2.24) is 15.0 Å². The molecule has 2 aromatic heterocycles. The van der Waals surface area contributed by atoms with E-state index in [0.29, 0.717) is 6.04 Å². The van der Waals surface area contributed by atoms with Crippen LogP contribution in [0.15, 0.2) is 30.6 Å². The first-order chi connectivity index (χ1) is 10.3. The van der Waals surface area contributed by atoms with Crippen molar-refractivity contribution >= 4 is 5.82 Å². The maximum Gasteiger partial charge on any atom is 0.161 e. The number of pyridine rings is 1. The Labute approximate surface area is 124 Å². The van der Waals surface area contributed by atoms with Crippen LogP contribution in [0.3, 0.4) is 0 Å². The van der Waals surface area contributed by atoms with E-state index in [1.165, 1.54) is 0 Å². The van der Waals surface area contributed by atoms with Crippen LogP contribution >= 0.6 is 0 Å². The summed E-state index contributed by atoms with van der Waals surface area (Å²) in [5.74, 6) is 1.63. The quantitative estimate of drug-likeness (QED) is 0.935. The van der Waals surface area contributed by atoms with Gasteiger partial charge in [0.05, 0.1) is 12.6 Å². The summed E-state index contributed by atoms with van der Waals surface area (Å²) in [6.45, 7) is 3.71. The van der Waals surface area contributed by atoms with Crippen molar-refractivity contribution in [2.75, 3.05) is 18.5 Å². The molecule has 0 saturated carbocycles. The zero-order valence-electron chi connectivity index (χ0n) is 12.2. The van der Waals surface area contributed by atoms with Gasteiger partial charge in [-0.25, -0.2) is 9.97 Å². The average Bonchev–Trinajstić information content (AvgIpc) is 2.56. The first-order valence-electron chi connectivity index (χ1n) is 7.48. The van der Waals surface area contributed by atoms with E-state index < -0.39 is 0 Å². The number of ether oxygens (including phenoxy) is 1. The third kappa shape index (κ3) is 3.55. The summed E-state index contributed by atoms with van der Waals surface area (Å²) in [6.07, 6.45) is 6.63. The zero-order chi connectivity index (χ0) is 14.5. The third-order valence-corrected chi connectivity index (χ3v) is 3.59. The number of aromatic nitrogens is 3. The van der Waals surface area contributed by atoms with Crippen molar-refractivity contribution in [1.29, 1.82) is 0 Å². The molecule has 2 aromatic rings. The molecule has 5 heteroatoms. The van der Waals surface area contributed by atoms with Gasteiger partial charge in [-0.2, -0.15) is 0 Å². The second-order valence-electron chi connectivity index (χ2n) is 5.22. The molecule has 110 valence electrons. The van der Waals surface area contributed by atoms with Crippen LogP contribution < -0.4 is 5.32 Å². The van der Waals surface area contributed by atoms with E-state index in [1.807, 2.05) is 18.2 Å². The van der Waals surface area contributed by atoms with Crippen molar-refractivity contribution in [3.8, 4) is 11.4 Å². The fourth-order valence-corrected chi connectivity index (χ4v) is 2.45. The van der Waals surface area contributed by atoms with Crippen LogP contribution in [0.4, 0.5) is 5.82 Å². The molecule has 1 atom stereocenters. The lowest BCUT2D eigenvalue weighted by Crippen LogP contribution is -2.30. The monoisotopic (exact) mass is 284 g/mol. The van der Waals surface area contributed by atoms with Crippen molar-refractivity contribution in [3.05, 3.63) is 36.3 Å². The van der Waals surface area contributed by atoms with Gasteiger partial charge in [-0.1, -0.05) is 6.92 Å². The molecule has 0 radical (unpaired) electrons. The fraction of sp³-hybridized carbons (Fsp3) is 0.438. The molecule has 5 nitrogen and oxygen atoms in total. The third-order valence-electron chi connectivity index (χ3n) is 3.59. The summed E-state index contributed by atoms with van der Waals surface area (Å²) < 4.78 is 5.51. The van der Waals surface area contributed by atoms with Crippen LogP contribution in [0, 0.1) is 0 Å². The van der Waals surface area contributed by atoms with Gasteiger partial charge in [-0.15, -0.1) is 0 Å². The van der Waals surface area contributed by atoms with E-state index >= 15 is 0 Å². The lowest BCUT2D eigenvalue weighted by molar-refractivity contribution is 0.0875. The predicted molar refractivity (Wildman–Crippen MR) is 82.1 cm³/mol. The number of nitrogens with zero attached hydrogens (tertiary/aromatic N) is 3. The molecule has 21 heavy (non-hydrogen) atoms. The topological polar surface area (TPSA) is 59.9 Å². The molecule has 1 aliphatic rings.